The number of aromatic nitrogens is 1. The highest BCUT2D eigenvalue weighted by Crippen LogP contribution is 2.27. The van der Waals surface area contributed by atoms with Crippen LogP contribution < -0.4 is 5.32 Å². The number of amides is 1. The first-order valence-corrected chi connectivity index (χ1v) is 11.5. The molecule has 1 aromatic heterocycles. The van der Waals surface area contributed by atoms with Gasteiger partial charge in [0.1, 0.15) is 0 Å². The van der Waals surface area contributed by atoms with Gasteiger partial charge in [0.15, 0.2) is 0 Å². The van der Waals surface area contributed by atoms with Gasteiger partial charge in [-0.1, -0.05) is 60.7 Å². The first-order chi connectivity index (χ1) is 15.8. The molecular weight excluding hydrogens is 396 g/mol. The summed E-state index contributed by atoms with van der Waals surface area (Å²) in [6, 6.07) is 25.2. The number of rotatable bonds is 9. The Bertz CT molecular complexity index is 902. The molecule has 1 saturated heterocycles. The Kier molecular flexibility index (Phi) is 8.01. The summed E-state index contributed by atoms with van der Waals surface area (Å²) in [4.78, 5) is 21.3. The summed E-state index contributed by atoms with van der Waals surface area (Å²) in [5.41, 5.74) is 3.87. The number of nitrogens with one attached hydrogen (secondary N) is 1. The van der Waals surface area contributed by atoms with Crippen LogP contribution in [0.1, 0.15) is 29.0 Å². The summed E-state index contributed by atoms with van der Waals surface area (Å²) in [6.45, 7) is 5.92. The lowest BCUT2D eigenvalue weighted by atomic mass is 9.88. The van der Waals surface area contributed by atoms with Crippen LogP contribution in [0.25, 0.3) is 0 Å². The van der Waals surface area contributed by atoms with Crippen molar-refractivity contribution in [1.82, 2.24) is 20.1 Å². The highest BCUT2D eigenvalue weighted by Gasteiger charge is 2.19. The van der Waals surface area contributed by atoms with Crippen LogP contribution in [0.15, 0.2) is 85.2 Å². The smallest absolute Gasteiger partial charge is 0.234 e. The van der Waals surface area contributed by atoms with Gasteiger partial charge in [-0.25, -0.2) is 0 Å². The van der Waals surface area contributed by atoms with E-state index in [-0.39, 0.29) is 11.8 Å². The van der Waals surface area contributed by atoms with Crippen LogP contribution in [0.4, 0.5) is 0 Å². The second-order valence-electron chi connectivity index (χ2n) is 8.42. The molecule has 1 aliphatic heterocycles. The van der Waals surface area contributed by atoms with Gasteiger partial charge >= 0.3 is 0 Å². The molecule has 3 aromatic rings. The zero-order chi connectivity index (χ0) is 22.0. The zero-order valence-corrected chi connectivity index (χ0v) is 18.6. The standard InChI is InChI=1S/C27H32N4O/c32-27(22-31-19-17-30(18-20-31)21-23-11-14-28-15-12-23)29-16-13-26(24-7-3-1-4-8-24)25-9-5-2-6-10-25/h1-12,14-15,26H,13,16-22H2,(H,29,32). The molecule has 0 unspecified atom stereocenters. The maximum absolute atomic E-state index is 12.6. The Balaban J connectivity index is 1.21. The topological polar surface area (TPSA) is 48.5 Å². The van der Waals surface area contributed by atoms with Gasteiger partial charge in [0.05, 0.1) is 6.54 Å². The molecule has 0 spiro atoms. The molecule has 1 N–H and O–H groups in total. The molecule has 1 fully saturated rings. The van der Waals surface area contributed by atoms with Gasteiger partial charge in [-0.2, -0.15) is 0 Å². The lowest BCUT2D eigenvalue weighted by molar-refractivity contribution is -0.122. The Labute approximate surface area is 191 Å². The monoisotopic (exact) mass is 428 g/mol. The molecule has 166 valence electrons. The third kappa shape index (κ3) is 6.49. The molecule has 2 heterocycles. The maximum atomic E-state index is 12.6. The number of carbonyl (C=O) groups is 1. The average Bonchev–Trinajstić information content (AvgIpc) is 2.85. The molecule has 0 bridgehead atoms. The number of carbonyl (C=O) groups excluding carboxylic acids is 1. The van der Waals surface area contributed by atoms with Crippen molar-refractivity contribution >= 4 is 5.91 Å². The summed E-state index contributed by atoms with van der Waals surface area (Å²) in [5, 5.41) is 3.15. The molecular formula is C27H32N4O. The van der Waals surface area contributed by atoms with Crippen LogP contribution in [0.2, 0.25) is 0 Å². The van der Waals surface area contributed by atoms with E-state index in [4.69, 9.17) is 0 Å². The first kappa shape index (κ1) is 22.2. The molecule has 5 nitrogen and oxygen atoms in total. The van der Waals surface area contributed by atoms with Crippen LogP contribution in [-0.2, 0) is 11.3 Å². The van der Waals surface area contributed by atoms with Crippen molar-refractivity contribution in [3.05, 3.63) is 102 Å². The summed E-state index contributed by atoms with van der Waals surface area (Å²) < 4.78 is 0. The van der Waals surface area contributed by atoms with Gasteiger partial charge in [-0.3, -0.25) is 19.6 Å². The summed E-state index contributed by atoms with van der Waals surface area (Å²) in [7, 11) is 0. The van der Waals surface area contributed by atoms with Gasteiger partial charge in [0.25, 0.3) is 0 Å². The molecule has 0 aliphatic carbocycles. The molecule has 1 amide bonds. The second-order valence-corrected chi connectivity index (χ2v) is 8.42. The summed E-state index contributed by atoms with van der Waals surface area (Å²) >= 11 is 0. The second kappa shape index (κ2) is 11.6. The van der Waals surface area contributed by atoms with Crippen LogP contribution in [-0.4, -0.2) is 60.0 Å². The minimum absolute atomic E-state index is 0.118. The van der Waals surface area contributed by atoms with Crippen molar-refractivity contribution in [3.63, 3.8) is 0 Å². The highest BCUT2D eigenvalue weighted by atomic mass is 16.2. The number of hydrogen-bond acceptors (Lipinski definition) is 4. The fraction of sp³-hybridized carbons (Fsp3) is 0.333. The lowest BCUT2D eigenvalue weighted by Gasteiger charge is -2.34. The molecule has 0 atom stereocenters. The van der Waals surface area contributed by atoms with Crippen molar-refractivity contribution in [2.24, 2.45) is 0 Å². The number of benzene rings is 2. The van der Waals surface area contributed by atoms with E-state index in [1.54, 1.807) is 0 Å². The van der Waals surface area contributed by atoms with E-state index in [0.29, 0.717) is 13.1 Å². The molecule has 2 aromatic carbocycles. The molecule has 4 rings (SSSR count). The fourth-order valence-corrected chi connectivity index (χ4v) is 4.36. The zero-order valence-electron chi connectivity index (χ0n) is 18.6. The molecule has 1 aliphatic rings. The minimum atomic E-state index is 0.118. The van der Waals surface area contributed by atoms with Crippen LogP contribution >= 0.6 is 0 Å². The van der Waals surface area contributed by atoms with E-state index in [9.17, 15) is 4.79 Å². The summed E-state index contributed by atoms with van der Waals surface area (Å²) in [6.07, 6.45) is 4.58. The maximum Gasteiger partial charge on any atom is 0.234 e. The van der Waals surface area contributed by atoms with Crippen molar-refractivity contribution in [2.75, 3.05) is 39.3 Å². The largest absolute Gasteiger partial charge is 0.355 e. The molecule has 5 heteroatoms. The van der Waals surface area contributed by atoms with Crippen LogP contribution in [0, 0.1) is 0 Å². The normalized spacial score (nSPS) is 15.0. The van der Waals surface area contributed by atoms with E-state index in [2.05, 4.69) is 80.8 Å². The molecule has 32 heavy (non-hydrogen) atoms. The van der Waals surface area contributed by atoms with Crippen molar-refractivity contribution in [2.45, 2.75) is 18.9 Å². The van der Waals surface area contributed by atoms with E-state index < -0.39 is 0 Å². The quantitative estimate of drug-likeness (QED) is 0.566. The SMILES string of the molecule is O=C(CN1CCN(Cc2ccncc2)CC1)NCCC(c1ccccc1)c1ccccc1. The van der Waals surface area contributed by atoms with Crippen molar-refractivity contribution in [3.8, 4) is 0 Å². The third-order valence-electron chi connectivity index (χ3n) is 6.15. The van der Waals surface area contributed by atoms with Gasteiger partial charge in [0, 0.05) is 57.6 Å². The predicted octanol–water partition coefficient (Wildman–Crippen LogP) is 3.54. The Morgan fingerprint density at radius 2 is 1.38 bits per heavy atom. The van der Waals surface area contributed by atoms with Gasteiger partial charge < -0.3 is 5.32 Å². The highest BCUT2D eigenvalue weighted by molar-refractivity contribution is 5.78. The van der Waals surface area contributed by atoms with E-state index in [1.807, 2.05) is 24.5 Å². The first-order valence-electron chi connectivity index (χ1n) is 11.5. The van der Waals surface area contributed by atoms with E-state index in [0.717, 1.165) is 39.1 Å². The molecule has 0 saturated carbocycles. The van der Waals surface area contributed by atoms with Crippen LogP contribution in [0.3, 0.4) is 0 Å². The van der Waals surface area contributed by atoms with Crippen LogP contribution in [0.5, 0.6) is 0 Å². The average molecular weight is 429 g/mol. The van der Waals surface area contributed by atoms with Gasteiger partial charge in [0.2, 0.25) is 5.91 Å². The fourth-order valence-electron chi connectivity index (χ4n) is 4.36. The van der Waals surface area contributed by atoms with E-state index >= 15 is 0 Å². The molecule has 0 radical (unpaired) electrons. The van der Waals surface area contributed by atoms with Gasteiger partial charge in [-0.05, 0) is 35.2 Å². The minimum Gasteiger partial charge on any atom is -0.355 e. The number of hydrogen-bond donors (Lipinski definition) is 1. The summed E-state index contributed by atoms with van der Waals surface area (Å²) in [5.74, 6) is 0.405. The number of nitrogens with zero attached hydrogens (tertiary/aromatic N) is 3. The number of pyridine rings is 1. The Morgan fingerprint density at radius 1 is 0.812 bits per heavy atom. The Hall–Kier alpha value is -3.02. The Morgan fingerprint density at radius 3 is 1.97 bits per heavy atom. The predicted molar refractivity (Wildman–Crippen MR) is 128 cm³/mol. The third-order valence-corrected chi connectivity index (χ3v) is 6.15. The van der Waals surface area contributed by atoms with Crippen molar-refractivity contribution < 1.29 is 4.79 Å². The lowest BCUT2D eigenvalue weighted by Crippen LogP contribution is -2.49. The number of piperazine rings is 1. The van der Waals surface area contributed by atoms with Gasteiger partial charge in [-0.15, -0.1) is 0 Å². The van der Waals surface area contributed by atoms with Crippen molar-refractivity contribution in [1.29, 1.82) is 0 Å². The van der Waals surface area contributed by atoms with E-state index in [1.165, 1.54) is 16.7 Å².